The highest BCUT2D eigenvalue weighted by molar-refractivity contribution is 6.21. The number of benzene rings is 1. The molecule has 0 saturated heterocycles. The lowest BCUT2D eigenvalue weighted by Gasteiger charge is -2.37. The largest absolute Gasteiger partial charge is 0.466 e. The Labute approximate surface area is 687 Å². The summed E-state index contributed by atoms with van der Waals surface area (Å²) in [6.07, 6.45) is 26.0. The molecule has 12 unspecified atom stereocenters. The molecule has 13 rings (SSSR count). The monoisotopic (exact) mass is 1570 g/mol. The van der Waals surface area contributed by atoms with E-state index in [1.54, 1.807) is 31.2 Å². The van der Waals surface area contributed by atoms with Crippen LogP contribution in [0.25, 0.3) is 0 Å². The van der Waals surface area contributed by atoms with E-state index >= 15 is 0 Å². The van der Waals surface area contributed by atoms with Gasteiger partial charge in [-0.25, -0.2) is 24.9 Å². The third-order valence-corrected chi connectivity index (χ3v) is 27.7. The predicted octanol–water partition coefficient (Wildman–Crippen LogP) is 20.7. The van der Waals surface area contributed by atoms with E-state index < -0.39 is 5.41 Å². The number of hydrogen-bond acceptors (Lipinski definition) is 16. The number of nitrogens with zero attached hydrogens (tertiary/aromatic N) is 11. The smallest absolute Gasteiger partial charge is 0.319 e. The SMILES string of the molecule is CC1CC(C)C(Cc2nc(C(C)CN3C(=O)c4ccccc4C3=O)n[nH]2)C(C)C1.CC1CC(C)C(Cc2nc(C3CCCCC3)n[nH]2)C(C)C1.CCC(C)c1n[nH]c(CC2C(C)CC(C)CC2C)n1.CCOC(=O)C(C)(C)c1n[nH]c(CC2C(C)CC(C)CC2C)n1.CCOC(=O)Cc1nc(CC2C(C)CC(C)CC2C)n[nH]1.[HH].[HH].[HH].[HH].[HH].[HH]. The molecule has 6 aliphatic carbocycles. The van der Waals surface area contributed by atoms with E-state index in [4.69, 9.17) is 24.4 Å². The van der Waals surface area contributed by atoms with Crippen molar-refractivity contribution < 1.29 is 37.2 Å². The minimum atomic E-state index is -0.816. The highest BCUT2D eigenvalue weighted by atomic mass is 16.5. The van der Waals surface area contributed by atoms with Gasteiger partial charge in [0.15, 0.2) is 29.1 Å². The van der Waals surface area contributed by atoms with E-state index in [0.717, 1.165) is 144 Å². The Morgan fingerprint density at radius 3 is 1.22 bits per heavy atom. The topological polar surface area (TPSA) is 298 Å². The number of esters is 2. The molecule has 6 heterocycles. The van der Waals surface area contributed by atoms with Crippen LogP contribution < -0.4 is 0 Å². The van der Waals surface area contributed by atoms with Gasteiger partial charge < -0.3 is 9.47 Å². The number of fused-ring (bicyclic) bond motifs is 1. The summed E-state index contributed by atoms with van der Waals surface area (Å²) in [7, 11) is 0. The molecule has 6 aromatic rings. The second kappa shape index (κ2) is 41.7. The molecule has 0 spiro atoms. The van der Waals surface area contributed by atoms with Gasteiger partial charge in [0.05, 0.1) is 24.3 Å². The average Bonchev–Trinajstić information content (AvgIpc) is 1.63. The number of nitrogens with one attached hydrogen (secondary N) is 5. The lowest BCUT2D eigenvalue weighted by molar-refractivity contribution is -0.149. The van der Waals surface area contributed by atoms with Crippen molar-refractivity contribution in [3.05, 3.63) is 93.6 Å². The van der Waals surface area contributed by atoms with Crippen LogP contribution in [0.4, 0.5) is 0 Å². The van der Waals surface area contributed by atoms with Crippen molar-refractivity contribution in [1.82, 2.24) is 80.8 Å². The summed E-state index contributed by atoms with van der Waals surface area (Å²) in [4.78, 5) is 73.4. The van der Waals surface area contributed by atoms with E-state index in [2.05, 4.69) is 179 Å². The Hall–Kier alpha value is -7.00. The number of aromatic amines is 5. The number of hydrogen-bond donors (Lipinski definition) is 5. The Balaban J connectivity index is 0.000000383. The maximum absolute atomic E-state index is 12.6. The Bertz CT molecular complexity index is 3840. The maximum atomic E-state index is 12.6. The van der Waals surface area contributed by atoms with Crippen LogP contribution in [-0.2, 0) is 63.0 Å². The van der Waals surface area contributed by atoms with Gasteiger partial charge in [-0.05, 0) is 242 Å². The fraction of sp³-hybridized carbons (Fsp3) is 0.780. The van der Waals surface area contributed by atoms with Gasteiger partial charge in [-0.3, -0.25) is 49.6 Å². The number of H-pyrrole nitrogens is 5. The molecule has 22 nitrogen and oxygen atoms in total. The average molecular weight is 1570 g/mol. The molecule has 7 aliphatic rings. The molecular weight excluding hydrogens is 1410 g/mol. The maximum Gasteiger partial charge on any atom is 0.319 e. The van der Waals surface area contributed by atoms with E-state index in [1.165, 1.54) is 101 Å². The van der Waals surface area contributed by atoms with E-state index in [1.807, 2.05) is 27.7 Å². The first-order valence-electron chi connectivity index (χ1n) is 44.6. The molecule has 0 radical (unpaired) electrons. The van der Waals surface area contributed by atoms with Crippen molar-refractivity contribution in [3.63, 3.8) is 0 Å². The summed E-state index contributed by atoms with van der Waals surface area (Å²) >= 11 is 0. The Kier molecular flexibility index (Phi) is 33.2. The van der Waals surface area contributed by atoms with Crippen molar-refractivity contribution in [3.8, 4) is 0 Å². The van der Waals surface area contributed by atoms with Crippen molar-refractivity contribution in [2.75, 3.05) is 19.8 Å². The second-order valence-electron chi connectivity index (χ2n) is 38.4. The molecule has 1 aromatic carbocycles. The van der Waals surface area contributed by atoms with Gasteiger partial charge >= 0.3 is 11.9 Å². The summed E-state index contributed by atoms with van der Waals surface area (Å²) < 4.78 is 10.1. The fourth-order valence-corrected chi connectivity index (χ4v) is 21.5. The lowest BCUT2D eigenvalue weighted by atomic mass is 9.68. The number of ether oxygens (including phenoxy) is 2. The number of aromatic nitrogens is 15. The first-order chi connectivity index (χ1) is 53.7. The quantitative estimate of drug-likeness (QED) is 0.0312. The molecule has 113 heavy (non-hydrogen) atoms. The Morgan fingerprint density at radius 1 is 0.451 bits per heavy atom. The standard InChI is InChI=1S/C23H30N4O2.C18H31N3O2.C18H31N3.C16H27N3O2.C16H29N3.6H2/c1-13-9-14(2)19(15(3)10-13)11-20-24-21(26-25-20)16(4)12-27-22(28)17-7-5-6-8-18(17)23(27)29;1-7-23-17(22)18(5,6)16-19-15(20-21-16)10-14-12(3)8-11(2)9-13(14)4;1-12-9-13(2)16(14(3)10-12)11-17-19-18(21-20-17)15-7-5-4-6-8-15;1-5-21-16(20)9-15-17-14(18-19-15)8-13-11(3)6-10(2)7-12(13)4;1-6-11(3)16-17-15(18-19-16)9-14-12(4)7-10(2)8-13(14)5;;;;;;/h5-8,13-16,19H,9-12H2,1-4H3,(H,24,25,26);11-14H,7-10H2,1-6H3,(H,19,20,21);12-16H,4-11H2,1-3H3,(H,19,20,21);10-13H,5-9H2,1-4H3,(H,17,18,19);10-14H,6-9H2,1-5H3,(H,17,18,19);6*1H. The zero-order chi connectivity index (χ0) is 82.1. The molecule has 5 N–H and O–H groups in total. The zero-order valence-corrected chi connectivity index (χ0v) is 73.6. The highest BCUT2D eigenvalue weighted by Crippen LogP contribution is 2.45. The van der Waals surface area contributed by atoms with Gasteiger partial charge in [0, 0.05) is 65.0 Å². The molecule has 640 valence electrons. The highest BCUT2D eigenvalue weighted by Gasteiger charge is 2.41. The number of amides is 2. The Morgan fingerprint density at radius 2 is 0.814 bits per heavy atom. The third kappa shape index (κ3) is 24.6. The molecule has 6 fully saturated rings. The molecule has 6 saturated carbocycles. The number of carbonyl (C=O) groups is 4. The van der Waals surface area contributed by atoms with Crippen LogP contribution in [0.3, 0.4) is 0 Å². The second-order valence-corrected chi connectivity index (χ2v) is 38.4. The van der Waals surface area contributed by atoms with E-state index in [0.29, 0.717) is 107 Å². The minimum absolute atomic E-state index is 0. The van der Waals surface area contributed by atoms with Crippen LogP contribution in [0.5, 0.6) is 0 Å². The van der Waals surface area contributed by atoms with Gasteiger partial charge in [-0.2, -0.15) is 25.5 Å². The van der Waals surface area contributed by atoms with E-state index in [-0.39, 0.29) is 51.2 Å². The van der Waals surface area contributed by atoms with Gasteiger partial charge in [-0.1, -0.05) is 156 Å². The van der Waals surface area contributed by atoms with Crippen LogP contribution in [0.1, 0.15) is 360 Å². The summed E-state index contributed by atoms with van der Waals surface area (Å²) in [5, 5.41) is 37.3. The van der Waals surface area contributed by atoms with Crippen LogP contribution in [0, 0.1) is 118 Å². The van der Waals surface area contributed by atoms with Gasteiger partial charge in [-0.15, -0.1) is 0 Å². The van der Waals surface area contributed by atoms with Gasteiger partial charge in [0.2, 0.25) is 0 Å². The summed E-state index contributed by atoms with van der Waals surface area (Å²) in [6, 6.07) is 6.98. The van der Waals surface area contributed by atoms with Crippen LogP contribution >= 0.6 is 0 Å². The molecule has 2 amide bonds. The minimum Gasteiger partial charge on any atom is -0.466 e. The van der Waals surface area contributed by atoms with Crippen molar-refractivity contribution >= 4 is 23.8 Å². The number of carbonyl (C=O) groups excluding carboxylic acids is 4. The van der Waals surface area contributed by atoms with Gasteiger partial charge in [0.1, 0.15) is 41.0 Å². The molecular formula is C91H160N16O6. The summed E-state index contributed by atoms with van der Waals surface area (Å²) in [5.41, 5.74) is 0.146. The van der Waals surface area contributed by atoms with Crippen LogP contribution in [-0.4, -0.2) is 124 Å². The fourth-order valence-electron chi connectivity index (χ4n) is 21.5. The lowest BCUT2D eigenvalue weighted by Crippen LogP contribution is -2.33. The summed E-state index contributed by atoms with van der Waals surface area (Å²) in [5.74, 6) is 23.7. The molecule has 1 aliphatic heterocycles. The molecule has 12 atom stereocenters. The normalized spacial score (nSPS) is 30.5. The zero-order valence-electron chi connectivity index (χ0n) is 73.6. The summed E-state index contributed by atoms with van der Waals surface area (Å²) in [6.45, 7) is 50.2. The number of imide groups is 1. The number of rotatable bonds is 22. The van der Waals surface area contributed by atoms with Crippen molar-refractivity contribution in [2.45, 2.75) is 317 Å². The van der Waals surface area contributed by atoms with Crippen LogP contribution in [0.2, 0.25) is 0 Å². The van der Waals surface area contributed by atoms with E-state index in [9.17, 15) is 19.2 Å². The predicted molar refractivity (Wildman–Crippen MR) is 459 cm³/mol. The van der Waals surface area contributed by atoms with Crippen molar-refractivity contribution in [1.29, 1.82) is 0 Å². The molecule has 22 heteroatoms. The molecule has 0 bridgehead atoms. The van der Waals surface area contributed by atoms with Gasteiger partial charge in [0.25, 0.3) is 11.8 Å². The first-order valence-corrected chi connectivity index (χ1v) is 44.6. The molecule has 5 aromatic heterocycles. The third-order valence-electron chi connectivity index (χ3n) is 27.7. The first kappa shape index (κ1) is 89.9. The van der Waals surface area contributed by atoms with Crippen molar-refractivity contribution in [2.24, 2.45) is 118 Å². The van der Waals surface area contributed by atoms with Crippen LogP contribution in [0.15, 0.2) is 24.3 Å².